The fraction of sp³-hybridized carbons (Fsp3) is 0.267. The number of sulfonamides is 1. The fourth-order valence-electron chi connectivity index (χ4n) is 1.91. The molecule has 0 radical (unpaired) electrons. The standard InChI is InChI=1S/C15H18N2O2S/c1-12(2)11-13-3-5-15(6-4-13)20(18,19)17-14-7-9-16-10-8-14/h3-10,12H,11H2,1-2H3,(H,16,17). The number of benzene rings is 1. The van der Waals surface area contributed by atoms with Crippen LogP contribution in [0.3, 0.4) is 0 Å². The minimum atomic E-state index is -3.54. The molecule has 5 heteroatoms. The van der Waals surface area contributed by atoms with Crippen LogP contribution < -0.4 is 4.72 Å². The summed E-state index contributed by atoms with van der Waals surface area (Å²) in [4.78, 5) is 4.12. The van der Waals surface area contributed by atoms with Gasteiger partial charge < -0.3 is 0 Å². The summed E-state index contributed by atoms with van der Waals surface area (Å²) in [5, 5.41) is 0. The third-order valence-electron chi connectivity index (χ3n) is 2.81. The Morgan fingerprint density at radius 3 is 2.20 bits per heavy atom. The van der Waals surface area contributed by atoms with E-state index in [4.69, 9.17) is 0 Å². The highest BCUT2D eigenvalue weighted by atomic mass is 32.2. The van der Waals surface area contributed by atoms with E-state index in [1.807, 2.05) is 12.1 Å². The minimum Gasteiger partial charge on any atom is -0.280 e. The molecule has 1 aromatic heterocycles. The molecule has 0 aliphatic rings. The van der Waals surface area contributed by atoms with E-state index in [2.05, 4.69) is 23.6 Å². The van der Waals surface area contributed by atoms with Crippen molar-refractivity contribution < 1.29 is 8.42 Å². The first-order valence-corrected chi connectivity index (χ1v) is 7.97. The molecular formula is C15H18N2O2S. The average Bonchev–Trinajstić information content (AvgIpc) is 2.39. The van der Waals surface area contributed by atoms with Crippen molar-refractivity contribution in [2.24, 2.45) is 5.92 Å². The summed E-state index contributed by atoms with van der Waals surface area (Å²) in [6, 6.07) is 10.2. The van der Waals surface area contributed by atoms with Crippen LogP contribution in [-0.4, -0.2) is 13.4 Å². The molecule has 0 atom stereocenters. The van der Waals surface area contributed by atoms with Crippen LogP contribution in [-0.2, 0) is 16.4 Å². The summed E-state index contributed by atoms with van der Waals surface area (Å²) >= 11 is 0. The first-order chi connectivity index (χ1) is 9.47. The third kappa shape index (κ3) is 3.81. The minimum absolute atomic E-state index is 0.266. The topological polar surface area (TPSA) is 59.1 Å². The van der Waals surface area contributed by atoms with Crippen LogP contribution in [0.4, 0.5) is 5.69 Å². The predicted octanol–water partition coefficient (Wildman–Crippen LogP) is 3.08. The lowest BCUT2D eigenvalue weighted by Crippen LogP contribution is -2.13. The molecule has 0 bridgehead atoms. The normalized spacial score (nSPS) is 11.6. The average molecular weight is 290 g/mol. The van der Waals surface area contributed by atoms with Crippen molar-refractivity contribution in [2.45, 2.75) is 25.2 Å². The van der Waals surface area contributed by atoms with Crippen LogP contribution in [0.25, 0.3) is 0 Å². The van der Waals surface area contributed by atoms with Gasteiger partial charge in [0.1, 0.15) is 0 Å². The van der Waals surface area contributed by atoms with Gasteiger partial charge in [0, 0.05) is 12.4 Å². The Hall–Kier alpha value is -1.88. The van der Waals surface area contributed by atoms with E-state index in [1.165, 1.54) is 0 Å². The number of aromatic nitrogens is 1. The van der Waals surface area contributed by atoms with E-state index in [0.717, 1.165) is 12.0 Å². The molecule has 0 aliphatic carbocycles. The number of nitrogens with zero attached hydrogens (tertiary/aromatic N) is 1. The first-order valence-electron chi connectivity index (χ1n) is 6.49. The molecule has 1 heterocycles. The van der Waals surface area contributed by atoms with Gasteiger partial charge in [-0.25, -0.2) is 8.42 Å². The van der Waals surface area contributed by atoms with Crippen molar-refractivity contribution in [1.82, 2.24) is 4.98 Å². The Morgan fingerprint density at radius 1 is 1.05 bits per heavy atom. The van der Waals surface area contributed by atoms with Crippen molar-refractivity contribution in [2.75, 3.05) is 4.72 Å². The zero-order valence-electron chi connectivity index (χ0n) is 11.6. The van der Waals surface area contributed by atoms with Crippen LogP contribution >= 0.6 is 0 Å². The van der Waals surface area contributed by atoms with Gasteiger partial charge in [0.05, 0.1) is 10.6 Å². The fourth-order valence-corrected chi connectivity index (χ4v) is 2.97. The zero-order chi connectivity index (χ0) is 14.6. The van der Waals surface area contributed by atoms with E-state index in [9.17, 15) is 8.42 Å². The highest BCUT2D eigenvalue weighted by molar-refractivity contribution is 7.92. The van der Waals surface area contributed by atoms with E-state index < -0.39 is 10.0 Å². The molecule has 2 aromatic rings. The van der Waals surface area contributed by atoms with Crippen LogP contribution in [0.1, 0.15) is 19.4 Å². The number of nitrogens with one attached hydrogen (secondary N) is 1. The molecule has 2 rings (SSSR count). The van der Waals surface area contributed by atoms with E-state index in [1.54, 1.807) is 36.7 Å². The van der Waals surface area contributed by atoms with E-state index in [0.29, 0.717) is 11.6 Å². The third-order valence-corrected chi connectivity index (χ3v) is 4.21. The summed E-state index contributed by atoms with van der Waals surface area (Å²) < 4.78 is 26.9. The maximum Gasteiger partial charge on any atom is 0.261 e. The van der Waals surface area contributed by atoms with Crippen molar-refractivity contribution in [3.63, 3.8) is 0 Å². The number of rotatable bonds is 5. The number of hydrogen-bond donors (Lipinski definition) is 1. The molecule has 0 aliphatic heterocycles. The lowest BCUT2D eigenvalue weighted by molar-refractivity contribution is 0.601. The van der Waals surface area contributed by atoms with Gasteiger partial charge in [-0.05, 0) is 42.2 Å². The van der Waals surface area contributed by atoms with Crippen LogP contribution in [0.15, 0.2) is 53.7 Å². The van der Waals surface area contributed by atoms with Crippen molar-refractivity contribution in [3.8, 4) is 0 Å². The molecule has 106 valence electrons. The molecule has 0 amide bonds. The first kappa shape index (κ1) is 14.5. The van der Waals surface area contributed by atoms with Gasteiger partial charge >= 0.3 is 0 Å². The maximum absolute atomic E-state index is 12.2. The molecule has 4 nitrogen and oxygen atoms in total. The van der Waals surface area contributed by atoms with Gasteiger partial charge in [-0.15, -0.1) is 0 Å². The molecule has 0 fully saturated rings. The monoisotopic (exact) mass is 290 g/mol. The highest BCUT2D eigenvalue weighted by Gasteiger charge is 2.13. The summed E-state index contributed by atoms with van der Waals surface area (Å²) in [5.74, 6) is 0.549. The molecule has 0 saturated heterocycles. The molecule has 0 spiro atoms. The number of pyridine rings is 1. The molecule has 1 aromatic carbocycles. The Bertz CT molecular complexity index is 650. The molecule has 0 unspecified atom stereocenters. The molecule has 1 N–H and O–H groups in total. The van der Waals surface area contributed by atoms with Crippen LogP contribution in [0.5, 0.6) is 0 Å². The second-order valence-electron chi connectivity index (χ2n) is 5.08. The summed E-state index contributed by atoms with van der Waals surface area (Å²) in [5.41, 5.74) is 1.65. The highest BCUT2D eigenvalue weighted by Crippen LogP contribution is 2.17. The smallest absolute Gasteiger partial charge is 0.261 e. The number of anilines is 1. The van der Waals surface area contributed by atoms with Gasteiger partial charge in [0.15, 0.2) is 0 Å². The van der Waals surface area contributed by atoms with Gasteiger partial charge in [0.2, 0.25) is 0 Å². The predicted molar refractivity (Wildman–Crippen MR) is 80.0 cm³/mol. The van der Waals surface area contributed by atoms with Crippen molar-refractivity contribution in [3.05, 3.63) is 54.4 Å². The SMILES string of the molecule is CC(C)Cc1ccc(S(=O)(=O)Nc2ccncc2)cc1. The largest absolute Gasteiger partial charge is 0.280 e. The van der Waals surface area contributed by atoms with Crippen molar-refractivity contribution in [1.29, 1.82) is 0 Å². The Morgan fingerprint density at radius 2 is 1.65 bits per heavy atom. The van der Waals surface area contributed by atoms with Crippen LogP contribution in [0.2, 0.25) is 0 Å². The molecule has 20 heavy (non-hydrogen) atoms. The van der Waals surface area contributed by atoms with Gasteiger partial charge in [-0.1, -0.05) is 26.0 Å². The van der Waals surface area contributed by atoms with Crippen LogP contribution in [0, 0.1) is 5.92 Å². The van der Waals surface area contributed by atoms with E-state index in [-0.39, 0.29) is 4.90 Å². The van der Waals surface area contributed by atoms with Gasteiger partial charge in [-0.3, -0.25) is 9.71 Å². The molecule has 0 saturated carbocycles. The summed E-state index contributed by atoms with van der Waals surface area (Å²) in [6.45, 7) is 4.27. The maximum atomic E-state index is 12.2. The van der Waals surface area contributed by atoms with Crippen molar-refractivity contribution >= 4 is 15.7 Å². The second-order valence-corrected chi connectivity index (χ2v) is 6.77. The van der Waals surface area contributed by atoms with E-state index >= 15 is 0 Å². The lowest BCUT2D eigenvalue weighted by Gasteiger charge is -2.09. The molecular weight excluding hydrogens is 272 g/mol. The second kappa shape index (κ2) is 6.05. The Kier molecular flexibility index (Phi) is 4.39. The number of hydrogen-bond acceptors (Lipinski definition) is 3. The zero-order valence-corrected chi connectivity index (χ0v) is 12.4. The quantitative estimate of drug-likeness (QED) is 0.920. The van der Waals surface area contributed by atoms with Gasteiger partial charge in [-0.2, -0.15) is 0 Å². The van der Waals surface area contributed by atoms with Gasteiger partial charge in [0.25, 0.3) is 10.0 Å². The Labute approximate surface area is 119 Å². The lowest BCUT2D eigenvalue weighted by atomic mass is 10.0. The Balaban J connectivity index is 2.17. The summed E-state index contributed by atoms with van der Waals surface area (Å²) in [7, 11) is -3.54. The summed E-state index contributed by atoms with van der Waals surface area (Å²) in [6.07, 6.45) is 4.03.